The molecule has 24 heavy (non-hydrogen) atoms. The molecule has 0 spiro atoms. The van der Waals surface area contributed by atoms with Crippen LogP contribution in [0.5, 0.6) is 0 Å². The van der Waals surface area contributed by atoms with E-state index in [-0.39, 0.29) is 16.8 Å². The summed E-state index contributed by atoms with van der Waals surface area (Å²) in [5.74, 6) is 0.535. The van der Waals surface area contributed by atoms with Gasteiger partial charge in [0.05, 0.1) is 6.04 Å². The van der Waals surface area contributed by atoms with Crippen molar-refractivity contribution in [3.05, 3.63) is 18.3 Å². The number of nitrogens with two attached hydrogens (primary N) is 1. The van der Waals surface area contributed by atoms with Gasteiger partial charge in [0.1, 0.15) is 10.7 Å². The highest BCUT2D eigenvalue weighted by Crippen LogP contribution is 2.23. The van der Waals surface area contributed by atoms with Crippen LogP contribution in [0.1, 0.15) is 12.8 Å². The van der Waals surface area contributed by atoms with E-state index in [9.17, 15) is 13.2 Å². The number of pyridine rings is 1. The van der Waals surface area contributed by atoms with Crippen LogP contribution < -0.4 is 10.0 Å². The third kappa shape index (κ3) is 3.38. The van der Waals surface area contributed by atoms with Gasteiger partial charge in [-0.1, -0.05) is 0 Å². The summed E-state index contributed by atoms with van der Waals surface area (Å²) in [7, 11) is -1.84. The molecule has 1 amide bonds. The van der Waals surface area contributed by atoms with Crippen molar-refractivity contribution >= 4 is 21.7 Å². The normalized spacial score (nSPS) is 22.8. The lowest BCUT2D eigenvalue weighted by Crippen LogP contribution is -2.53. The molecule has 2 saturated heterocycles. The van der Waals surface area contributed by atoms with Crippen molar-refractivity contribution in [2.45, 2.75) is 23.8 Å². The van der Waals surface area contributed by atoms with Crippen LogP contribution in [0.2, 0.25) is 0 Å². The van der Waals surface area contributed by atoms with E-state index in [1.807, 2.05) is 16.8 Å². The number of sulfonamides is 1. The molecule has 0 bridgehead atoms. The molecule has 0 aromatic carbocycles. The van der Waals surface area contributed by atoms with Crippen molar-refractivity contribution in [1.29, 1.82) is 0 Å². The Hall–Kier alpha value is -1.71. The fourth-order valence-electron chi connectivity index (χ4n) is 3.41. The lowest BCUT2D eigenvalue weighted by Gasteiger charge is -2.37. The van der Waals surface area contributed by atoms with Crippen LogP contribution in [0.3, 0.4) is 0 Å². The average molecular weight is 353 g/mol. The fraction of sp³-hybridized carbons (Fsp3) is 0.600. The van der Waals surface area contributed by atoms with E-state index in [4.69, 9.17) is 5.14 Å². The van der Waals surface area contributed by atoms with E-state index in [1.54, 1.807) is 12.3 Å². The van der Waals surface area contributed by atoms with Gasteiger partial charge >= 0.3 is 0 Å². The number of hydrogen-bond acceptors (Lipinski definition) is 6. The van der Waals surface area contributed by atoms with E-state index in [0.717, 1.165) is 19.4 Å². The second-order valence-corrected chi connectivity index (χ2v) is 7.85. The molecule has 8 nitrogen and oxygen atoms in total. The number of hydrogen-bond donors (Lipinski definition) is 1. The Bertz CT molecular complexity index is 716. The monoisotopic (exact) mass is 353 g/mol. The quantitative estimate of drug-likeness (QED) is 0.784. The van der Waals surface area contributed by atoms with Gasteiger partial charge in [0, 0.05) is 32.4 Å². The van der Waals surface area contributed by atoms with E-state index < -0.39 is 10.0 Å². The lowest BCUT2D eigenvalue weighted by molar-refractivity contribution is -0.135. The summed E-state index contributed by atoms with van der Waals surface area (Å²) in [4.78, 5) is 22.7. The van der Waals surface area contributed by atoms with E-state index in [1.165, 1.54) is 6.07 Å². The molecule has 1 aromatic heterocycles. The molecule has 2 aliphatic rings. The molecular formula is C15H23N5O3S. The number of carbonyl (C=O) groups is 1. The first-order chi connectivity index (χ1) is 11.4. The molecule has 2 N–H and O–H groups in total. The van der Waals surface area contributed by atoms with Crippen LogP contribution in [0.4, 0.5) is 5.82 Å². The number of primary sulfonamides is 1. The molecule has 132 valence electrons. The number of amides is 1. The molecule has 9 heteroatoms. The molecule has 0 saturated carbocycles. The number of likely N-dealkylation sites (N-methyl/N-ethyl adjacent to an activating group) is 1. The zero-order chi connectivity index (χ0) is 17.3. The summed E-state index contributed by atoms with van der Waals surface area (Å²) in [6.45, 7) is 3.17. The highest BCUT2D eigenvalue weighted by molar-refractivity contribution is 7.89. The Balaban J connectivity index is 1.69. The van der Waals surface area contributed by atoms with Crippen molar-refractivity contribution < 1.29 is 13.2 Å². The molecule has 1 unspecified atom stereocenters. The molecule has 1 aromatic rings. The summed E-state index contributed by atoms with van der Waals surface area (Å²) in [6.07, 6.45) is 3.51. The Morgan fingerprint density at radius 1 is 1.25 bits per heavy atom. The largest absolute Gasteiger partial charge is 0.352 e. The molecule has 3 rings (SSSR count). The minimum absolute atomic E-state index is 0.0219. The van der Waals surface area contributed by atoms with Gasteiger partial charge in [0.15, 0.2) is 0 Å². The Labute approximate surface area is 142 Å². The van der Waals surface area contributed by atoms with Gasteiger partial charge in [-0.3, -0.25) is 9.69 Å². The summed E-state index contributed by atoms with van der Waals surface area (Å²) >= 11 is 0. The van der Waals surface area contributed by atoms with Crippen LogP contribution >= 0.6 is 0 Å². The maximum atomic E-state index is 12.6. The predicted molar refractivity (Wildman–Crippen MR) is 90.1 cm³/mol. The number of rotatable bonds is 3. The predicted octanol–water partition coefficient (Wildman–Crippen LogP) is -0.528. The number of piperazine rings is 1. The third-order valence-corrected chi connectivity index (χ3v) is 5.69. The number of anilines is 1. The van der Waals surface area contributed by atoms with Crippen molar-refractivity contribution in [2.24, 2.45) is 5.14 Å². The smallest absolute Gasteiger partial charge is 0.241 e. The number of nitrogens with zero attached hydrogens (tertiary/aromatic N) is 4. The zero-order valence-electron chi connectivity index (χ0n) is 13.8. The number of likely N-dealkylation sites (tertiary alicyclic amines) is 1. The van der Waals surface area contributed by atoms with Gasteiger partial charge in [-0.25, -0.2) is 18.5 Å². The first-order valence-corrected chi connectivity index (χ1v) is 9.64. The van der Waals surface area contributed by atoms with Crippen LogP contribution in [0.15, 0.2) is 23.2 Å². The molecule has 2 aliphatic heterocycles. The fourth-order valence-corrected chi connectivity index (χ4v) is 4.12. The SMILES string of the molecule is CN1CCCC1C(=O)N1CCN(c2ncccc2S(N)(=O)=O)CC1. The van der Waals surface area contributed by atoms with E-state index >= 15 is 0 Å². The average Bonchev–Trinajstić information content (AvgIpc) is 2.99. The number of carbonyl (C=O) groups excluding carboxylic acids is 1. The first-order valence-electron chi connectivity index (χ1n) is 8.10. The van der Waals surface area contributed by atoms with Crippen molar-refractivity contribution in [3.63, 3.8) is 0 Å². The molecule has 3 heterocycles. The second kappa shape index (κ2) is 6.66. The highest BCUT2D eigenvalue weighted by Gasteiger charge is 2.33. The van der Waals surface area contributed by atoms with Crippen LogP contribution in [-0.4, -0.2) is 74.9 Å². The van der Waals surface area contributed by atoms with Gasteiger partial charge < -0.3 is 9.80 Å². The lowest BCUT2D eigenvalue weighted by atomic mass is 10.1. The minimum atomic E-state index is -3.82. The van der Waals surface area contributed by atoms with Crippen LogP contribution in [0.25, 0.3) is 0 Å². The summed E-state index contributed by atoms with van der Waals surface area (Å²) in [5.41, 5.74) is 0. The summed E-state index contributed by atoms with van der Waals surface area (Å²) < 4.78 is 23.4. The zero-order valence-corrected chi connectivity index (χ0v) is 14.6. The molecule has 0 radical (unpaired) electrons. The Kier molecular flexibility index (Phi) is 4.75. The van der Waals surface area contributed by atoms with Crippen molar-refractivity contribution in [3.8, 4) is 0 Å². The highest BCUT2D eigenvalue weighted by atomic mass is 32.2. The first kappa shape index (κ1) is 17.1. The van der Waals surface area contributed by atoms with Crippen molar-refractivity contribution in [2.75, 3.05) is 44.7 Å². The molecular weight excluding hydrogens is 330 g/mol. The van der Waals surface area contributed by atoms with E-state index in [2.05, 4.69) is 9.88 Å². The van der Waals surface area contributed by atoms with Gasteiger partial charge in [0.2, 0.25) is 15.9 Å². The molecule has 0 aliphatic carbocycles. The van der Waals surface area contributed by atoms with Gasteiger partial charge in [-0.05, 0) is 38.6 Å². The minimum Gasteiger partial charge on any atom is -0.352 e. The summed E-state index contributed by atoms with van der Waals surface area (Å²) in [6, 6.07) is 2.99. The van der Waals surface area contributed by atoms with Gasteiger partial charge in [0.25, 0.3) is 0 Å². The topological polar surface area (TPSA) is 99.8 Å². The van der Waals surface area contributed by atoms with Crippen LogP contribution in [-0.2, 0) is 14.8 Å². The van der Waals surface area contributed by atoms with E-state index in [0.29, 0.717) is 32.0 Å². The van der Waals surface area contributed by atoms with Crippen LogP contribution in [0, 0.1) is 0 Å². The number of aromatic nitrogens is 1. The Morgan fingerprint density at radius 2 is 1.96 bits per heavy atom. The maximum Gasteiger partial charge on any atom is 0.241 e. The van der Waals surface area contributed by atoms with Gasteiger partial charge in [-0.15, -0.1) is 0 Å². The van der Waals surface area contributed by atoms with Crippen molar-refractivity contribution in [1.82, 2.24) is 14.8 Å². The standard InChI is InChI=1S/C15H23N5O3S/c1-18-7-3-4-12(18)15(21)20-10-8-19(9-11-20)14-13(24(16,22)23)5-2-6-17-14/h2,5-6,12H,3-4,7-11H2,1H3,(H2,16,22,23). The Morgan fingerprint density at radius 3 is 2.54 bits per heavy atom. The maximum absolute atomic E-state index is 12.6. The second-order valence-electron chi connectivity index (χ2n) is 6.32. The molecule has 1 atom stereocenters. The van der Waals surface area contributed by atoms with Gasteiger partial charge in [-0.2, -0.15) is 0 Å². The third-order valence-electron chi connectivity index (χ3n) is 4.75. The summed E-state index contributed by atoms with van der Waals surface area (Å²) in [5, 5.41) is 5.27. The molecule has 2 fully saturated rings.